The molecule has 1 saturated heterocycles. The van der Waals surface area contributed by atoms with Gasteiger partial charge in [0.2, 0.25) is 5.91 Å². The Bertz CT molecular complexity index is 554. The van der Waals surface area contributed by atoms with Gasteiger partial charge in [0.15, 0.2) is 0 Å². The van der Waals surface area contributed by atoms with Crippen LogP contribution in [0, 0.1) is 12.7 Å². The summed E-state index contributed by atoms with van der Waals surface area (Å²) in [6.07, 6.45) is 0. The highest BCUT2D eigenvalue weighted by molar-refractivity contribution is 6.10. The molecule has 4 nitrogen and oxygen atoms in total. The Kier molecular flexibility index (Phi) is 3.08. The number of carbonyl (C=O) groups is 2. The molecule has 0 saturated carbocycles. The Hall–Kier alpha value is -1.91. The molecule has 2 amide bonds. The lowest BCUT2D eigenvalue weighted by molar-refractivity contribution is -0.136. The Balaban J connectivity index is 2.51. The molecule has 1 aromatic rings. The van der Waals surface area contributed by atoms with E-state index in [0.717, 1.165) is 5.56 Å². The molecule has 0 radical (unpaired) electrons. The topological polar surface area (TPSA) is 49.4 Å². The van der Waals surface area contributed by atoms with Gasteiger partial charge in [0.1, 0.15) is 17.4 Å². The SMILES string of the molecule is Cc1ccc(N2C(=O)C(C)(C)NC(=O)C2C)c(F)c1. The number of hydrogen-bond acceptors (Lipinski definition) is 2. The molecular formula is C14H17FN2O2. The highest BCUT2D eigenvalue weighted by atomic mass is 19.1. The number of aryl methyl sites for hydroxylation is 1. The first-order valence-corrected chi connectivity index (χ1v) is 6.16. The fourth-order valence-electron chi connectivity index (χ4n) is 2.19. The van der Waals surface area contributed by atoms with Gasteiger partial charge in [0.25, 0.3) is 5.91 Å². The zero-order chi connectivity index (χ0) is 14.4. The van der Waals surface area contributed by atoms with Gasteiger partial charge in [-0.25, -0.2) is 4.39 Å². The molecule has 1 aliphatic heterocycles. The molecule has 1 atom stereocenters. The number of hydrogen-bond donors (Lipinski definition) is 1. The standard InChI is InChI=1S/C14H17FN2O2/c1-8-5-6-11(10(15)7-8)17-9(2)12(18)16-14(3,4)13(17)19/h5-7,9H,1-4H3,(H,16,18). The first kappa shape index (κ1) is 13.5. The van der Waals surface area contributed by atoms with Crippen molar-refractivity contribution in [3.63, 3.8) is 0 Å². The molecule has 0 aromatic heterocycles. The summed E-state index contributed by atoms with van der Waals surface area (Å²) < 4.78 is 14.0. The quantitative estimate of drug-likeness (QED) is 0.840. The second kappa shape index (κ2) is 4.33. The molecule has 1 unspecified atom stereocenters. The molecule has 1 heterocycles. The number of anilines is 1. The number of nitrogens with zero attached hydrogens (tertiary/aromatic N) is 1. The Morgan fingerprint density at radius 3 is 2.53 bits per heavy atom. The Morgan fingerprint density at radius 2 is 1.95 bits per heavy atom. The third-order valence-electron chi connectivity index (χ3n) is 3.32. The molecule has 0 spiro atoms. The minimum atomic E-state index is -1.03. The van der Waals surface area contributed by atoms with Crippen LogP contribution in [0.2, 0.25) is 0 Å². The Morgan fingerprint density at radius 1 is 1.32 bits per heavy atom. The Labute approximate surface area is 111 Å². The van der Waals surface area contributed by atoms with E-state index in [-0.39, 0.29) is 17.5 Å². The van der Waals surface area contributed by atoms with Gasteiger partial charge in [0, 0.05) is 0 Å². The number of piperazine rings is 1. The van der Waals surface area contributed by atoms with Crippen molar-refractivity contribution >= 4 is 17.5 Å². The molecule has 1 aromatic carbocycles. The van der Waals surface area contributed by atoms with Crippen molar-refractivity contribution in [2.45, 2.75) is 39.3 Å². The van der Waals surface area contributed by atoms with Crippen molar-refractivity contribution in [1.82, 2.24) is 5.32 Å². The van der Waals surface area contributed by atoms with E-state index >= 15 is 0 Å². The summed E-state index contributed by atoms with van der Waals surface area (Å²) in [5.74, 6) is -1.10. The van der Waals surface area contributed by atoms with E-state index in [2.05, 4.69) is 5.32 Å². The van der Waals surface area contributed by atoms with Gasteiger partial charge in [-0.05, 0) is 45.4 Å². The van der Waals surface area contributed by atoms with E-state index in [1.165, 1.54) is 17.0 Å². The number of carbonyl (C=O) groups excluding carboxylic acids is 2. The van der Waals surface area contributed by atoms with Crippen LogP contribution in [0.25, 0.3) is 0 Å². The van der Waals surface area contributed by atoms with E-state index in [1.54, 1.807) is 33.8 Å². The maximum atomic E-state index is 14.0. The largest absolute Gasteiger partial charge is 0.340 e. The monoisotopic (exact) mass is 264 g/mol. The van der Waals surface area contributed by atoms with Gasteiger partial charge in [-0.3, -0.25) is 14.5 Å². The van der Waals surface area contributed by atoms with Crippen LogP contribution in [-0.2, 0) is 9.59 Å². The van der Waals surface area contributed by atoms with E-state index in [4.69, 9.17) is 0 Å². The summed E-state index contributed by atoms with van der Waals surface area (Å²) in [5.41, 5.74) is -0.117. The third kappa shape index (κ3) is 2.20. The molecule has 19 heavy (non-hydrogen) atoms. The van der Waals surface area contributed by atoms with Gasteiger partial charge < -0.3 is 5.32 Å². The van der Waals surface area contributed by atoms with E-state index in [9.17, 15) is 14.0 Å². The van der Waals surface area contributed by atoms with Crippen LogP contribution in [0.4, 0.5) is 10.1 Å². The molecule has 0 aliphatic carbocycles. The first-order chi connectivity index (χ1) is 8.74. The maximum Gasteiger partial charge on any atom is 0.252 e. The average molecular weight is 264 g/mol. The molecule has 2 rings (SSSR count). The van der Waals surface area contributed by atoms with Gasteiger partial charge in [0.05, 0.1) is 5.69 Å². The van der Waals surface area contributed by atoms with Crippen molar-refractivity contribution in [2.75, 3.05) is 4.90 Å². The molecule has 1 aliphatic rings. The van der Waals surface area contributed by atoms with Gasteiger partial charge in [-0.1, -0.05) is 6.07 Å². The fraction of sp³-hybridized carbons (Fsp3) is 0.429. The van der Waals surface area contributed by atoms with E-state index < -0.39 is 17.4 Å². The predicted molar refractivity (Wildman–Crippen MR) is 70.3 cm³/mol. The van der Waals surface area contributed by atoms with Gasteiger partial charge >= 0.3 is 0 Å². The molecule has 0 bridgehead atoms. The number of amides is 2. The number of nitrogens with one attached hydrogen (secondary N) is 1. The van der Waals surface area contributed by atoms with Gasteiger partial charge in [-0.15, -0.1) is 0 Å². The van der Waals surface area contributed by atoms with Crippen LogP contribution in [0.5, 0.6) is 0 Å². The summed E-state index contributed by atoms with van der Waals surface area (Å²) in [6.45, 7) is 6.57. The lowest BCUT2D eigenvalue weighted by atomic mass is 9.96. The number of benzene rings is 1. The van der Waals surface area contributed by atoms with Crippen LogP contribution >= 0.6 is 0 Å². The van der Waals surface area contributed by atoms with E-state index in [1.807, 2.05) is 0 Å². The lowest BCUT2D eigenvalue weighted by Crippen LogP contribution is -2.67. The van der Waals surface area contributed by atoms with Crippen molar-refractivity contribution in [3.05, 3.63) is 29.6 Å². The molecule has 1 fully saturated rings. The summed E-state index contributed by atoms with van der Waals surface area (Å²) in [4.78, 5) is 25.5. The van der Waals surface area contributed by atoms with Crippen molar-refractivity contribution in [1.29, 1.82) is 0 Å². The molecule has 5 heteroatoms. The van der Waals surface area contributed by atoms with Crippen LogP contribution in [0.1, 0.15) is 26.3 Å². The second-order valence-corrected chi connectivity index (χ2v) is 5.42. The van der Waals surface area contributed by atoms with Crippen LogP contribution in [0.15, 0.2) is 18.2 Å². The third-order valence-corrected chi connectivity index (χ3v) is 3.32. The van der Waals surface area contributed by atoms with Crippen molar-refractivity contribution < 1.29 is 14.0 Å². The zero-order valence-electron chi connectivity index (χ0n) is 11.5. The normalized spacial score (nSPS) is 22.4. The first-order valence-electron chi connectivity index (χ1n) is 6.16. The summed E-state index contributed by atoms with van der Waals surface area (Å²) in [5, 5.41) is 2.63. The maximum absolute atomic E-state index is 14.0. The minimum Gasteiger partial charge on any atom is -0.340 e. The van der Waals surface area contributed by atoms with Crippen molar-refractivity contribution in [3.8, 4) is 0 Å². The van der Waals surface area contributed by atoms with Crippen molar-refractivity contribution in [2.24, 2.45) is 0 Å². The molecular weight excluding hydrogens is 247 g/mol. The average Bonchev–Trinajstić information content (AvgIpc) is 2.29. The van der Waals surface area contributed by atoms with Crippen LogP contribution in [-0.4, -0.2) is 23.4 Å². The second-order valence-electron chi connectivity index (χ2n) is 5.42. The highest BCUT2D eigenvalue weighted by Gasteiger charge is 2.44. The zero-order valence-corrected chi connectivity index (χ0v) is 11.5. The smallest absolute Gasteiger partial charge is 0.252 e. The number of halogens is 1. The predicted octanol–water partition coefficient (Wildman–Crippen LogP) is 1.76. The van der Waals surface area contributed by atoms with Gasteiger partial charge in [-0.2, -0.15) is 0 Å². The summed E-state index contributed by atoms with van der Waals surface area (Å²) in [7, 11) is 0. The van der Waals surface area contributed by atoms with Crippen LogP contribution < -0.4 is 10.2 Å². The highest BCUT2D eigenvalue weighted by Crippen LogP contribution is 2.28. The summed E-state index contributed by atoms with van der Waals surface area (Å²) in [6, 6.07) is 3.89. The molecule has 1 N–H and O–H groups in total. The number of rotatable bonds is 1. The minimum absolute atomic E-state index is 0.144. The van der Waals surface area contributed by atoms with Crippen LogP contribution in [0.3, 0.4) is 0 Å². The summed E-state index contributed by atoms with van der Waals surface area (Å²) >= 11 is 0. The molecule has 102 valence electrons. The lowest BCUT2D eigenvalue weighted by Gasteiger charge is -2.41. The van der Waals surface area contributed by atoms with E-state index in [0.29, 0.717) is 0 Å². The fourth-order valence-corrected chi connectivity index (χ4v) is 2.19.